The summed E-state index contributed by atoms with van der Waals surface area (Å²) >= 11 is 0. The number of sulfonamides is 1. The maximum atomic E-state index is 13.6. The van der Waals surface area contributed by atoms with Crippen LogP contribution in [-0.4, -0.2) is 28.2 Å². The Morgan fingerprint density at radius 3 is 2.58 bits per heavy atom. The summed E-state index contributed by atoms with van der Waals surface area (Å²) in [7, 11) is -3.70. The number of halogens is 1. The van der Waals surface area contributed by atoms with Gasteiger partial charge < -0.3 is 9.47 Å². The quantitative estimate of drug-likeness (QED) is 0.899. The third kappa shape index (κ3) is 3.85. The summed E-state index contributed by atoms with van der Waals surface area (Å²) in [6, 6.07) is 10.8. The standard InChI is InChI=1S/C17H18FNO4S/c18-15-5-2-1-4-13(15)8-9-19-24(20,21)14-6-7-16-17(12-14)23-11-3-10-22-16/h1-2,4-7,12,19H,3,8-11H2. The minimum Gasteiger partial charge on any atom is -0.490 e. The summed E-state index contributed by atoms with van der Waals surface area (Å²) < 4.78 is 51.8. The fourth-order valence-electron chi connectivity index (χ4n) is 2.42. The van der Waals surface area contributed by atoms with Crippen LogP contribution >= 0.6 is 0 Å². The zero-order valence-electron chi connectivity index (χ0n) is 13.0. The van der Waals surface area contributed by atoms with Gasteiger partial charge in [0.1, 0.15) is 5.82 Å². The number of rotatable bonds is 5. The molecule has 128 valence electrons. The molecule has 0 aromatic heterocycles. The summed E-state index contributed by atoms with van der Waals surface area (Å²) in [6.45, 7) is 1.13. The average Bonchev–Trinajstić information content (AvgIpc) is 2.81. The van der Waals surface area contributed by atoms with Crippen LogP contribution in [0.5, 0.6) is 11.5 Å². The molecule has 0 saturated carbocycles. The molecule has 0 spiro atoms. The van der Waals surface area contributed by atoms with Gasteiger partial charge in [0, 0.05) is 19.0 Å². The van der Waals surface area contributed by atoms with E-state index in [0.717, 1.165) is 6.42 Å². The number of ether oxygens (including phenoxy) is 2. The Morgan fingerprint density at radius 2 is 1.79 bits per heavy atom. The van der Waals surface area contributed by atoms with Crippen molar-refractivity contribution in [2.75, 3.05) is 19.8 Å². The first kappa shape index (κ1) is 16.7. The van der Waals surface area contributed by atoms with Gasteiger partial charge >= 0.3 is 0 Å². The Morgan fingerprint density at radius 1 is 1.04 bits per heavy atom. The van der Waals surface area contributed by atoms with Crippen molar-refractivity contribution in [3.05, 3.63) is 53.8 Å². The average molecular weight is 351 g/mol. The van der Waals surface area contributed by atoms with E-state index in [4.69, 9.17) is 9.47 Å². The zero-order valence-corrected chi connectivity index (χ0v) is 13.8. The molecule has 1 N–H and O–H groups in total. The molecule has 0 unspecified atom stereocenters. The second kappa shape index (κ2) is 7.19. The van der Waals surface area contributed by atoms with Gasteiger partial charge in [-0.2, -0.15) is 0 Å². The highest BCUT2D eigenvalue weighted by Gasteiger charge is 2.18. The van der Waals surface area contributed by atoms with E-state index in [1.54, 1.807) is 24.3 Å². The third-order valence-corrected chi connectivity index (χ3v) is 5.13. The number of nitrogens with one attached hydrogen (secondary N) is 1. The van der Waals surface area contributed by atoms with Crippen molar-refractivity contribution in [1.82, 2.24) is 4.72 Å². The highest BCUT2D eigenvalue weighted by molar-refractivity contribution is 7.89. The van der Waals surface area contributed by atoms with Crippen molar-refractivity contribution in [3.8, 4) is 11.5 Å². The van der Waals surface area contributed by atoms with Gasteiger partial charge in [0.2, 0.25) is 10.0 Å². The maximum absolute atomic E-state index is 13.6. The number of benzene rings is 2. The van der Waals surface area contributed by atoms with Gasteiger partial charge in [-0.1, -0.05) is 18.2 Å². The molecule has 0 amide bonds. The first-order chi connectivity index (χ1) is 11.6. The molecule has 2 aromatic rings. The summed E-state index contributed by atoms with van der Waals surface area (Å²) in [6.07, 6.45) is 1.02. The molecule has 0 saturated heterocycles. The van der Waals surface area contributed by atoms with Crippen LogP contribution in [0.2, 0.25) is 0 Å². The Kier molecular flexibility index (Phi) is 5.01. The molecule has 5 nitrogen and oxygen atoms in total. The van der Waals surface area contributed by atoms with Gasteiger partial charge in [-0.05, 0) is 30.2 Å². The summed E-state index contributed by atoms with van der Waals surface area (Å²) in [5, 5.41) is 0. The Labute approximate surface area is 140 Å². The molecule has 3 rings (SSSR count). The highest BCUT2D eigenvalue weighted by atomic mass is 32.2. The molecule has 1 aliphatic rings. The maximum Gasteiger partial charge on any atom is 0.240 e. The smallest absolute Gasteiger partial charge is 0.240 e. The van der Waals surface area contributed by atoms with Gasteiger partial charge in [-0.25, -0.2) is 17.5 Å². The van der Waals surface area contributed by atoms with Crippen molar-refractivity contribution in [2.45, 2.75) is 17.7 Å². The van der Waals surface area contributed by atoms with Crippen molar-refractivity contribution >= 4 is 10.0 Å². The Bertz CT molecular complexity index is 823. The van der Waals surface area contributed by atoms with E-state index in [9.17, 15) is 12.8 Å². The van der Waals surface area contributed by atoms with Gasteiger partial charge in [-0.3, -0.25) is 0 Å². The van der Waals surface area contributed by atoms with Crippen LogP contribution in [-0.2, 0) is 16.4 Å². The second-order valence-corrected chi connectivity index (χ2v) is 7.17. The van der Waals surface area contributed by atoms with E-state index in [1.807, 2.05) is 0 Å². The first-order valence-corrected chi connectivity index (χ1v) is 9.17. The fraction of sp³-hybridized carbons (Fsp3) is 0.294. The lowest BCUT2D eigenvalue weighted by molar-refractivity contribution is 0.297. The van der Waals surface area contributed by atoms with E-state index < -0.39 is 10.0 Å². The van der Waals surface area contributed by atoms with Crippen LogP contribution in [0, 0.1) is 5.82 Å². The SMILES string of the molecule is O=S(=O)(NCCc1ccccc1F)c1ccc2c(c1)OCCCO2. The van der Waals surface area contributed by atoms with E-state index in [-0.39, 0.29) is 23.7 Å². The zero-order chi connectivity index (χ0) is 17.0. The first-order valence-electron chi connectivity index (χ1n) is 7.69. The van der Waals surface area contributed by atoms with Crippen LogP contribution in [0.4, 0.5) is 4.39 Å². The van der Waals surface area contributed by atoms with E-state index in [1.165, 1.54) is 18.2 Å². The van der Waals surface area contributed by atoms with E-state index >= 15 is 0 Å². The predicted molar refractivity (Wildman–Crippen MR) is 87.3 cm³/mol. The van der Waals surface area contributed by atoms with Crippen molar-refractivity contribution in [3.63, 3.8) is 0 Å². The van der Waals surface area contributed by atoms with Gasteiger partial charge in [0.05, 0.1) is 18.1 Å². The van der Waals surface area contributed by atoms with E-state index in [0.29, 0.717) is 30.3 Å². The van der Waals surface area contributed by atoms with Crippen LogP contribution in [0.25, 0.3) is 0 Å². The van der Waals surface area contributed by atoms with Crippen molar-refractivity contribution < 1.29 is 22.3 Å². The molecule has 1 heterocycles. The summed E-state index contributed by atoms with van der Waals surface area (Å²) in [5.74, 6) is 0.620. The molecule has 7 heteroatoms. The van der Waals surface area contributed by atoms with Gasteiger partial charge in [-0.15, -0.1) is 0 Å². The second-order valence-electron chi connectivity index (χ2n) is 5.40. The number of hydrogen-bond acceptors (Lipinski definition) is 4. The Balaban J connectivity index is 1.69. The molecule has 0 radical (unpaired) electrons. The third-order valence-electron chi connectivity index (χ3n) is 3.67. The molecule has 0 fully saturated rings. The van der Waals surface area contributed by atoms with Crippen LogP contribution in [0.1, 0.15) is 12.0 Å². The van der Waals surface area contributed by atoms with Gasteiger partial charge in [0.15, 0.2) is 11.5 Å². The number of hydrogen-bond donors (Lipinski definition) is 1. The summed E-state index contributed by atoms with van der Waals surface area (Å²) in [4.78, 5) is 0.0975. The van der Waals surface area contributed by atoms with Gasteiger partial charge in [0.25, 0.3) is 0 Å². The van der Waals surface area contributed by atoms with Crippen LogP contribution in [0.3, 0.4) is 0 Å². The highest BCUT2D eigenvalue weighted by Crippen LogP contribution is 2.31. The lowest BCUT2D eigenvalue weighted by Gasteiger charge is -2.11. The van der Waals surface area contributed by atoms with Crippen LogP contribution < -0.4 is 14.2 Å². The fourth-order valence-corrected chi connectivity index (χ4v) is 3.46. The lowest BCUT2D eigenvalue weighted by atomic mass is 10.1. The summed E-state index contributed by atoms with van der Waals surface area (Å²) in [5.41, 5.74) is 0.471. The molecule has 24 heavy (non-hydrogen) atoms. The molecule has 1 aliphatic heterocycles. The molecule has 0 atom stereocenters. The molecule has 0 aliphatic carbocycles. The molecular formula is C17H18FNO4S. The van der Waals surface area contributed by atoms with Crippen molar-refractivity contribution in [1.29, 1.82) is 0 Å². The molecule has 2 aromatic carbocycles. The predicted octanol–water partition coefficient (Wildman–Crippen LogP) is 2.51. The minimum atomic E-state index is -3.70. The minimum absolute atomic E-state index is 0.0975. The monoisotopic (exact) mass is 351 g/mol. The topological polar surface area (TPSA) is 64.6 Å². The molecule has 0 bridgehead atoms. The van der Waals surface area contributed by atoms with Crippen LogP contribution in [0.15, 0.2) is 47.4 Å². The largest absolute Gasteiger partial charge is 0.490 e. The molecular weight excluding hydrogens is 333 g/mol. The Hall–Kier alpha value is -2.12. The number of fused-ring (bicyclic) bond motifs is 1. The normalized spacial score (nSPS) is 14.2. The lowest BCUT2D eigenvalue weighted by Crippen LogP contribution is -2.26. The van der Waals surface area contributed by atoms with Crippen molar-refractivity contribution in [2.24, 2.45) is 0 Å². The van der Waals surface area contributed by atoms with E-state index in [2.05, 4.69) is 4.72 Å².